The Morgan fingerprint density at radius 2 is 1.91 bits per heavy atom. The van der Waals surface area contributed by atoms with Gasteiger partial charge in [-0.15, -0.1) is 0 Å². The van der Waals surface area contributed by atoms with Crippen LogP contribution in [0.15, 0.2) is 59.8 Å². The number of aromatic nitrogens is 2. The zero-order valence-corrected chi connectivity index (χ0v) is 13.8. The Labute approximate surface area is 139 Å². The standard InChI is InChI=1S/C18H19N3OS/c1-13(14-7-3-2-4-8-14)11-19-17(22)12-23-18-20-15-9-5-6-10-16(15)21-18/h2-10,13H,11-12H2,1H3,(H,19,22)(H,20,21)/t13-/m0/s1. The van der Waals surface area contributed by atoms with Crippen molar-refractivity contribution in [3.8, 4) is 0 Å². The molecule has 5 heteroatoms. The number of para-hydroxylation sites is 2. The minimum Gasteiger partial charge on any atom is -0.355 e. The third-order valence-electron chi connectivity index (χ3n) is 3.68. The van der Waals surface area contributed by atoms with Gasteiger partial charge in [-0.05, 0) is 23.6 Å². The van der Waals surface area contributed by atoms with Crippen molar-refractivity contribution in [1.82, 2.24) is 15.3 Å². The second-order valence-corrected chi connectivity index (χ2v) is 6.43. The Morgan fingerprint density at radius 3 is 2.70 bits per heavy atom. The first kappa shape index (κ1) is 15.6. The lowest BCUT2D eigenvalue weighted by atomic mass is 10.0. The summed E-state index contributed by atoms with van der Waals surface area (Å²) in [5.41, 5.74) is 3.15. The quantitative estimate of drug-likeness (QED) is 0.681. The first-order chi connectivity index (χ1) is 11.2. The fourth-order valence-electron chi connectivity index (χ4n) is 2.35. The average Bonchev–Trinajstić information content (AvgIpc) is 3.01. The summed E-state index contributed by atoms with van der Waals surface area (Å²) in [6, 6.07) is 18.1. The highest BCUT2D eigenvalue weighted by atomic mass is 32.2. The predicted octanol–water partition coefficient (Wildman–Crippen LogP) is 3.57. The third-order valence-corrected chi connectivity index (χ3v) is 4.55. The summed E-state index contributed by atoms with van der Waals surface area (Å²) in [6.45, 7) is 2.76. The molecule has 1 atom stereocenters. The number of thioether (sulfide) groups is 1. The lowest BCUT2D eigenvalue weighted by Gasteiger charge is -2.12. The summed E-state index contributed by atoms with van der Waals surface area (Å²) >= 11 is 1.42. The molecule has 0 saturated heterocycles. The number of nitrogens with one attached hydrogen (secondary N) is 2. The molecule has 3 rings (SSSR count). The lowest BCUT2D eigenvalue weighted by Crippen LogP contribution is -2.29. The van der Waals surface area contributed by atoms with Gasteiger partial charge in [-0.1, -0.05) is 61.2 Å². The molecule has 0 aliphatic rings. The molecule has 2 N–H and O–H groups in total. The van der Waals surface area contributed by atoms with E-state index in [-0.39, 0.29) is 5.91 Å². The first-order valence-electron chi connectivity index (χ1n) is 7.61. The smallest absolute Gasteiger partial charge is 0.230 e. The molecule has 1 amide bonds. The van der Waals surface area contributed by atoms with Crippen LogP contribution in [0.3, 0.4) is 0 Å². The molecule has 2 aromatic carbocycles. The topological polar surface area (TPSA) is 57.8 Å². The van der Waals surface area contributed by atoms with Crippen molar-refractivity contribution >= 4 is 28.7 Å². The number of fused-ring (bicyclic) bond motifs is 1. The molecule has 1 aromatic heterocycles. The van der Waals surface area contributed by atoms with E-state index in [2.05, 4.69) is 34.3 Å². The number of benzene rings is 2. The molecule has 0 aliphatic carbocycles. The largest absolute Gasteiger partial charge is 0.355 e. The number of amides is 1. The molecule has 0 fully saturated rings. The van der Waals surface area contributed by atoms with E-state index >= 15 is 0 Å². The van der Waals surface area contributed by atoms with Crippen LogP contribution in [-0.2, 0) is 4.79 Å². The number of aromatic amines is 1. The van der Waals surface area contributed by atoms with Gasteiger partial charge in [-0.25, -0.2) is 4.98 Å². The van der Waals surface area contributed by atoms with E-state index < -0.39 is 0 Å². The van der Waals surface area contributed by atoms with Gasteiger partial charge in [0.05, 0.1) is 16.8 Å². The van der Waals surface area contributed by atoms with Crippen molar-refractivity contribution in [1.29, 1.82) is 0 Å². The number of carbonyl (C=O) groups is 1. The van der Waals surface area contributed by atoms with Crippen molar-refractivity contribution in [2.75, 3.05) is 12.3 Å². The Morgan fingerprint density at radius 1 is 1.17 bits per heavy atom. The summed E-state index contributed by atoms with van der Waals surface area (Å²) in [5.74, 6) is 0.691. The molecule has 0 spiro atoms. The van der Waals surface area contributed by atoms with Crippen LogP contribution in [0.4, 0.5) is 0 Å². The zero-order chi connectivity index (χ0) is 16.1. The predicted molar refractivity (Wildman–Crippen MR) is 94.7 cm³/mol. The Bertz CT molecular complexity index is 752. The second kappa shape index (κ2) is 7.33. The zero-order valence-electron chi connectivity index (χ0n) is 13.0. The van der Waals surface area contributed by atoms with E-state index in [1.165, 1.54) is 17.3 Å². The van der Waals surface area contributed by atoms with Crippen LogP contribution < -0.4 is 5.32 Å². The number of H-pyrrole nitrogens is 1. The fraction of sp³-hybridized carbons (Fsp3) is 0.222. The lowest BCUT2D eigenvalue weighted by molar-refractivity contribution is -0.118. The molecule has 0 radical (unpaired) electrons. The van der Waals surface area contributed by atoms with Gasteiger partial charge in [0, 0.05) is 6.54 Å². The van der Waals surface area contributed by atoms with Crippen molar-refractivity contribution in [2.45, 2.75) is 18.0 Å². The van der Waals surface area contributed by atoms with E-state index in [0.717, 1.165) is 16.2 Å². The molecule has 0 saturated carbocycles. The molecular weight excluding hydrogens is 306 g/mol. The monoisotopic (exact) mass is 325 g/mol. The van der Waals surface area contributed by atoms with Crippen LogP contribution >= 0.6 is 11.8 Å². The maximum absolute atomic E-state index is 12.0. The number of imidazole rings is 1. The summed E-state index contributed by atoms with van der Waals surface area (Å²) < 4.78 is 0. The molecule has 0 bridgehead atoms. The second-order valence-electron chi connectivity index (χ2n) is 5.46. The van der Waals surface area contributed by atoms with E-state index in [4.69, 9.17) is 0 Å². The van der Waals surface area contributed by atoms with Gasteiger partial charge in [0.2, 0.25) is 5.91 Å². The molecule has 1 heterocycles. The molecule has 0 unspecified atom stereocenters. The van der Waals surface area contributed by atoms with Crippen LogP contribution in [0.25, 0.3) is 11.0 Å². The number of hydrogen-bond acceptors (Lipinski definition) is 3. The summed E-state index contributed by atoms with van der Waals surface area (Å²) in [6.07, 6.45) is 0. The highest BCUT2D eigenvalue weighted by molar-refractivity contribution is 7.99. The van der Waals surface area contributed by atoms with Crippen molar-refractivity contribution in [3.63, 3.8) is 0 Å². The van der Waals surface area contributed by atoms with E-state index in [0.29, 0.717) is 18.2 Å². The van der Waals surface area contributed by atoms with Crippen LogP contribution in [0.2, 0.25) is 0 Å². The summed E-state index contributed by atoms with van der Waals surface area (Å²) in [7, 11) is 0. The molecule has 0 aliphatic heterocycles. The van der Waals surface area contributed by atoms with Gasteiger partial charge < -0.3 is 10.3 Å². The van der Waals surface area contributed by atoms with Gasteiger partial charge in [0.15, 0.2) is 5.16 Å². The highest BCUT2D eigenvalue weighted by Gasteiger charge is 2.09. The summed E-state index contributed by atoms with van der Waals surface area (Å²) in [4.78, 5) is 19.7. The van der Waals surface area contributed by atoms with Crippen LogP contribution in [-0.4, -0.2) is 28.2 Å². The van der Waals surface area contributed by atoms with E-state index in [1.54, 1.807) is 0 Å². The number of hydrogen-bond donors (Lipinski definition) is 2. The summed E-state index contributed by atoms with van der Waals surface area (Å²) in [5, 5.41) is 3.76. The molecule has 23 heavy (non-hydrogen) atoms. The molecular formula is C18H19N3OS. The van der Waals surface area contributed by atoms with Gasteiger partial charge in [-0.3, -0.25) is 4.79 Å². The van der Waals surface area contributed by atoms with Crippen molar-refractivity contribution in [2.24, 2.45) is 0 Å². The van der Waals surface area contributed by atoms with Crippen LogP contribution in [0.5, 0.6) is 0 Å². The number of rotatable bonds is 6. The normalized spacial score (nSPS) is 12.2. The van der Waals surface area contributed by atoms with Crippen molar-refractivity contribution in [3.05, 3.63) is 60.2 Å². The van der Waals surface area contributed by atoms with Crippen molar-refractivity contribution < 1.29 is 4.79 Å². The SMILES string of the molecule is C[C@@H](CNC(=O)CSc1nc2ccccc2[nH]1)c1ccccc1. The Hall–Kier alpha value is -2.27. The fourth-order valence-corrected chi connectivity index (χ4v) is 3.06. The van der Waals surface area contributed by atoms with Crippen LogP contribution in [0, 0.1) is 0 Å². The minimum atomic E-state index is 0.0261. The maximum atomic E-state index is 12.0. The molecule has 4 nitrogen and oxygen atoms in total. The Kier molecular flexibility index (Phi) is 4.98. The molecule has 118 valence electrons. The Balaban J connectivity index is 1.48. The number of nitrogens with zero attached hydrogens (tertiary/aromatic N) is 1. The minimum absolute atomic E-state index is 0.0261. The third kappa shape index (κ3) is 4.13. The highest BCUT2D eigenvalue weighted by Crippen LogP contribution is 2.19. The van der Waals surface area contributed by atoms with Gasteiger partial charge in [0.1, 0.15) is 0 Å². The van der Waals surface area contributed by atoms with Crippen LogP contribution in [0.1, 0.15) is 18.4 Å². The van der Waals surface area contributed by atoms with E-state index in [9.17, 15) is 4.79 Å². The van der Waals surface area contributed by atoms with Gasteiger partial charge in [0.25, 0.3) is 0 Å². The van der Waals surface area contributed by atoms with Gasteiger partial charge in [-0.2, -0.15) is 0 Å². The average molecular weight is 325 g/mol. The molecule has 3 aromatic rings. The van der Waals surface area contributed by atoms with E-state index in [1.807, 2.05) is 42.5 Å². The first-order valence-corrected chi connectivity index (χ1v) is 8.60. The maximum Gasteiger partial charge on any atom is 0.230 e. The van der Waals surface area contributed by atoms with Gasteiger partial charge >= 0.3 is 0 Å². The number of carbonyl (C=O) groups excluding carboxylic acids is 1.